The van der Waals surface area contributed by atoms with Crippen molar-refractivity contribution in [3.05, 3.63) is 70.3 Å². The van der Waals surface area contributed by atoms with Crippen LogP contribution in [0.1, 0.15) is 31.7 Å². The summed E-state index contributed by atoms with van der Waals surface area (Å²) in [7, 11) is 1.62. The summed E-state index contributed by atoms with van der Waals surface area (Å²) in [4.78, 5) is 34.4. The van der Waals surface area contributed by atoms with Crippen molar-refractivity contribution in [3.8, 4) is 5.75 Å². The summed E-state index contributed by atoms with van der Waals surface area (Å²) in [5, 5.41) is 3.52. The van der Waals surface area contributed by atoms with Crippen molar-refractivity contribution in [1.29, 1.82) is 0 Å². The molecule has 0 saturated heterocycles. The maximum absolute atomic E-state index is 12.6. The zero-order chi connectivity index (χ0) is 21.5. The molecule has 2 N–H and O–H groups in total. The Bertz CT molecular complexity index is 1060. The highest BCUT2D eigenvalue weighted by atomic mass is 16.5. The highest BCUT2D eigenvalue weighted by molar-refractivity contribution is 5.78. The summed E-state index contributed by atoms with van der Waals surface area (Å²) in [6.07, 6.45) is 0.876. The number of fused-ring (bicyclic) bond motifs is 1. The van der Waals surface area contributed by atoms with Crippen LogP contribution in [0.3, 0.4) is 0 Å². The number of carbonyl (C=O) groups is 1. The number of hydrogen-bond donors (Lipinski definition) is 2. The number of nitrogens with zero attached hydrogens (tertiary/aromatic N) is 2. The first-order valence-corrected chi connectivity index (χ1v) is 10.1. The third-order valence-electron chi connectivity index (χ3n) is 5.20. The van der Waals surface area contributed by atoms with Crippen molar-refractivity contribution < 1.29 is 9.53 Å². The van der Waals surface area contributed by atoms with Crippen LogP contribution in [0.15, 0.2) is 53.3 Å². The van der Waals surface area contributed by atoms with Crippen LogP contribution >= 0.6 is 0 Å². The van der Waals surface area contributed by atoms with Gasteiger partial charge < -0.3 is 15.0 Å². The largest absolute Gasteiger partial charge is 0.497 e. The maximum atomic E-state index is 12.6. The molecule has 0 bridgehead atoms. The van der Waals surface area contributed by atoms with Crippen LogP contribution in [-0.4, -0.2) is 40.5 Å². The number of H-pyrrole nitrogens is 1. The molecular weight excluding hydrogens is 380 g/mol. The minimum atomic E-state index is -0.165. The van der Waals surface area contributed by atoms with Gasteiger partial charge in [-0.3, -0.25) is 14.5 Å². The summed E-state index contributed by atoms with van der Waals surface area (Å²) >= 11 is 0. The predicted molar refractivity (Wildman–Crippen MR) is 117 cm³/mol. The molecule has 1 heterocycles. The van der Waals surface area contributed by atoms with Crippen LogP contribution in [0, 0.1) is 0 Å². The molecule has 0 fully saturated rings. The van der Waals surface area contributed by atoms with Crippen molar-refractivity contribution >= 4 is 16.8 Å². The van der Waals surface area contributed by atoms with Crippen LogP contribution < -0.4 is 15.6 Å². The Kier molecular flexibility index (Phi) is 7.19. The highest BCUT2D eigenvalue weighted by Gasteiger charge is 2.18. The van der Waals surface area contributed by atoms with Gasteiger partial charge in [0, 0.05) is 12.6 Å². The van der Waals surface area contributed by atoms with E-state index >= 15 is 0 Å². The zero-order valence-electron chi connectivity index (χ0n) is 17.6. The van der Waals surface area contributed by atoms with Crippen LogP contribution in [0.4, 0.5) is 0 Å². The molecule has 0 aliphatic rings. The molecule has 7 nitrogen and oxygen atoms in total. The topological polar surface area (TPSA) is 87.3 Å². The van der Waals surface area contributed by atoms with Crippen molar-refractivity contribution in [2.45, 2.75) is 39.4 Å². The number of amides is 1. The Hall–Kier alpha value is -3.19. The number of para-hydroxylation sites is 1. The monoisotopic (exact) mass is 408 g/mol. The molecular formula is C23H28N4O3. The molecule has 7 heteroatoms. The van der Waals surface area contributed by atoms with E-state index in [4.69, 9.17) is 4.74 Å². The number of aromatic nitrogens is 2. The minimum absolute atomic E-state index is 0.0822. The minimum Gasteiger partial charge on any atom is -0.497 e. The first-order chi connectivity index (χ1) is 14.5. The van der Waals surface area contributed by atoms with Crippen LogP contribution in [-0.2, 0) is 17.9 Å². The van der Waals surface area contributed by atoms with Gasteiger partial charge in [-0.15, -0.1) is 0 Å². The zero-order valence-corrected chi connectivity index (χ0v) is 17.6. The van der Waals surface area contributed by atoms with E-state index in [2.05, 4.69) is 29.1 Å². The summed E-state index contributed by atoms with van der Waals surface area (Å²) in [5.41, 5.74) is 1.46. The Morgan fingerprint density at radius 2 is 2.03 bits per heavy atom. The normalized spacial score (nSPS) is 12.1. The average molecular weight is 409 g/mol. The smallest absolute Gasteiger partial charge is 0.258 e. The van der Waals surface area contributed by atoms with Gasteiger partial charge in [0.15, 0.2) is 0 Å². The van der Waals surface area contributed by atoms with Crippen LogP contribution in [0.5, 0.6) is 5.75 Å². The van der Waals surface area contributed by atoms with Gasteiger partial charge >= 0.3 is 0 Å². The Morgan fingerprint density at radius 1 is 1.23 bits per heavy atom. The van der Waals surface area contributed by atoms with Gasteiger partial charge in [-0.2, -0.15) is 0 Å². The molecule has 1 amide bonds. The fraction of sp³-hybridized carbons (Fsp3) is 0.348. The third kappa shape index (κ3) is 5.45. The van der Waals surface area contributed by atoms with E-state index < -0.39 is 0 Å². The van der Waals surface area contributed by atoms with E-state index in [0.29, 0.717) is 29.8 Å². The number of nitrogens with one attached hydrogen (secondary N) is 2. The fourth-order valence-corrected chi connectivity index (χ4v) is 3.25. The van der Waals surface area contributed by atoms with E-state index in [9.17, 15) is 9.59 Å². The van der Waals surface area contributed by atoms with Gasteiger partial charge in [0.1, 0.15) is 11.6 Å². The second kappa shape index (κ2) is 10.0. The summed E-state index contributed by atoms with van der Waals surface area (Å²) in [6.45, 7) is 5.17. The van der Waals surface area contributed by atoms with Gasteiger partial charge in [0.2, 0.25) is 5.91 Å². The number of methoxy groups -OCH3 is 1. The van der Waals surface area contributed by atoms with E-state index in [1.54, 1.807) is 13.2 Å². The lowest BCUT2D eigenvalue weighted by molar-refractivity contribution is -0.123. The highest BCUT2D eigenvalue weighted by Crippen LogP contribution is 2.13. The van der Waals surface area contributed by atoms with Gasteiger partial charge in [0.25, 0.3) is 5.56 Å². The summed E-state index contributed by atoms with van der Waals surface area (Å²) in [6, 6.07) is 15.0. The van der Waals surface area contributed by atoms with Crippen molar-refractivity contribution in [3.63, 3.8) is 0 Å². The van der Waals surface area contributed by atoms with Gasteiger partial charge in [0.05, 0.1) is 31.1 Å². The standard InChI is InChI=1S/C23H28N4O3/c1-4-16(2)27(14-21-25-20-11-6-5-10-19(20)23(29)26-21)15-22(28)24-13-17-8-7-9-18(12-17)30-3/h5-12,16H,4,13-15H2,1-3H3,(H,24,28)(H,25,26,29). The molecule has 0 saturated carbocycles. The van der Waals surface area contributed by atoms with E-state index in [1.165, 1.54) is 0 Å². The van der Waals surface area contributed by atoms with Gasteiger partial charge in [-0.1, -0.05) is 31.2 Å². The molecule has 1 unspecified atom stereocenters. The van der Waals surface area contributed by atoms with Crippen molar-refractivity contribution in [2.75, 3.05) is 13.7 Å². The first-order valence-electron chi connectivity index (χ1n) is 10.1. The van der Waals surface area contributed by atoms with Crippen molar-refractivity contribution in [2.24, 2.45) is 0 Å². The van der Waals surface area contributed by atoms with Crippen molar-refractivity contribution in [1.82, 2.24) is 20.2 Å². The average Bonchev–Trinajstić information content (AvgIpc) is 2.77. The number of aromatic amines is 1. The molecule has 1 aromatic heterocycles. The SMILES string of the molecule is CCC(C)N(CC(=O)NCc1cccc(OC)c1)Cc1nc2ccccc2c(=O)[nH]1. The first kappa shape index (κ1) is 21.5. The van der Waals surface area contributed by atoms with Gasteiger partial charge in [-0.25, -0.2) is 4.98 Å². The molecule has 2 aromatic carbocycles. The molecule has 1 atom stereocenters. The predicted octanol–water partition coefficient (Wildman–Crippen LogP) is 2.85. The van der Waals surface area contributed by atoms with Gasteiger partial charge in [-0.05, 0) is 43.2 Å². The lowest BCUT2D eigenvalue weighted by atomic mass is 10.2. The van der Waals surface area contributed by atoms with E-state index in [0.717, 1.165) is 17.7 Å². The number of benzene rings is 2. The van der Waals surface area contributed by atoms with E-state index in [1.807, 2.05) is 47.4 Å². The summed E-state index contributed by atoms with van der Waals surface area (Å²) < 4.78 is 5.22. The quantitative estimate of drug-likeness (QED) is 0.569. The molecule has 0 aliphatic heterocycles. The number of rotatable bonds is 9. The van der Waals surface area contributed by atoms with Crippen LogP contribution in [0.25, 0.3) is 10.9 Å². The second-order valence-electron chi connectivity index (χ2n) is 7.32. The van der Waals surface area contributed by atoms with Crippen LogP contribution in [0.2, 0.25) is 0 Å². The number of carbonyl (C=O) groups excluding carboxylic acids is 1. The lowest BCUT2D eigenvalue weighted by Crippen LogP contribution is -2.41. The Morgan fingerprint density at radius 3 is 2.80 bits per heavy atom. The van der Waals surface area contributed by atoms with E-state index in [-0.39, 0.29) is 24.1 Å². The third-order valence-corrected chi connectivity index (χ3v) is 5.20. The summed E-state index contributed by atoms with van der Waals surface area (Å²) in [5.74, 6) is 1.23. The Balaban J connectivity index is 1.68. The molecule has 30 heavy (non-hydrogen) atoms. The molecule has 158 valence electrons. The molecule has 0 aliphatic carbocycles. The fourth-order valence-electron chi connectivity index (χ4n) is 3.25. The molecule has 0 radical (unpaired) electrons. The second-order valence-corrected chi connectivity index (χ2v) is 7.32. The number of hydrogen-bond acceptors (Lipinski definition) is 5. The lowest BCUT2D eigenvalue weighted by Gasteiger charge is -2.27. The Labute approximate surface area is 176 Å². The number of ether oxygens (including phenoxy) is 1. The molecule has 0 spiro atoms. The molecule has 3 aromatic rings. The maximum Gasteiger partial charge on any atom is 0.258 e. The molecule has 3 rings (SSSR count).